The van der Waals surface area contributed by atoms with E-state index >= 15 is 0 Å². The minimum absolute atomic E-state index is 0.0436. The fourth-order valence-corrected chi connectivity index (χ4v) is 3.12. The number of amides is 1. The van der Waals surface area contributed by atoms with Crippen molar-refractivity contribution >= 4 is 11.9 Å². The average Bonchev–Trinajstić information content (AvgIpc) is 2.87. The van der Waals surface area contributed by atoms with E-state index in [0.29, 0.717) is 19.5 Å². The molecule has 18 heavy (non-hydrogen) atoms. The van der Waals surface area contributed by atoms with Crippen molar-refractivity contribution in [2.45, 2.75) is 45.1 Å². The lowest BCUT2D eigenvalue weighted by Gasteiger charge is -2.39. The SMILES string of the molecule is CCC1(C(=O)N2CCCC[C@@H]2C(=O)O)CCNC1. The topological polar surface area (TPSA) is 69.6 Å². The van der Waals surface area contributed by atoms with Crippen LogP contribution in [-0.2, 0) is 9.59 Å². The van der Waals surface area contributed by atoms with Gasteiger partial charge < -0.3 is 15.3 Å². The molecule has 0 radical (unpaired) electrons. The molecule has 0 aromatic heterocycles. The summed E-state index contributed by atoms with van der Waals surface area (Å²) >= 11 is 0. The summed E-state index contributed by atoms with van der Waals surface area (Å²) in [7, 11) is 0. The summed E-state index contributed by atoms with van der Waals surface area (Å²) in [5.41, 5.74) is -0.370. The van der Waals surface area contributed by atoms with Crippen molar-refractivity contribution in [3.8, 4) is 0 Å². The van der Waals surface area contributed by atoms with Gasteiger partial charge in [-0.25, -0.2) is 4.79 Å². The van der Waals surface area contributed by atoms with Gasteiger partial charge in [-0.15, -0.1) is 0 Å². The summed E-state index contributed by atoms with van der Waals surface area (Å²) in [5, 5.41) is 12.5. The normalized spacial score (nSPS) is 32.5. The zero-order valence-corrected chi connectivity index (χ0v) is 10.9. The molecule has 1 unspecified atom stereocenters. The number of nitrogens with zero attached hydrogens (tertiary/aromatic N) is 1. The van der Waals surface area contributed by atoms with Crippen molar-refractivity contribution in [1.82, 2.24) is 10.2 Å². The molecule has 5 nitrogen and oxygen atoms in total. The molecule has 2 N–H and O–H groups in total. The molecule has 2 atom stereocenters. The maximum atomic E-state index is 12.7. The predicted octanol–water partition coefficient (Wildman–Crippen LogP) is 0.842. The van der Waals surface area contributed by atoms with Crippen LogP contribution in [0.25, 0.3) is 0 Å². The minimum atomic E-state index is -0.861. The van der Waals surface area contributed by atoms with Gasteiger partial charge in [-0.05, 0) is 38.6 Å². The van der Waals surface area contributed by atoms with Gasteiger partial charge in [0.2, 0.25) is 5.91 Å². The summed E-state index contributed by atoms with van der Waals surface area (Å²) in [6.07, 6.45) is 4.02. The van der Waals surface area contributed by atoms with Gasteiger partial charge in [0.25, 0.3) is 0 Å². The highest BCUT2D eigenvalue weighted by molar-refractivity contribution is 5.88. The molecule has 0 aromatic carbocycles. The number of carboxylic acids is 1. The standard InChI is InChI=1S/C13H22N2O3/c1-2-13(6-7-14-9-13)12(18)15-8-4-3-5-10(15)11(16)17/h10,14H,2-9H2,1H3,(H,16,17)/t10-,13?/m1/s1. The highest BCUT2D eigenvalue weighted by Gasteiger charge is 2.45. The number of rotatable bonds is 3. The second-order valence-electron chi connectivity index (χ2n) is 5.41. The van der Waals surface area contributed by atoms with Gasteiger partial charge in [-0.2, -0.15) is 0 Å². The van der Waals surface area contributed by atoms with E-state index in [0.717, 1.165) is 32.2 Å². The van der Waals surface area contributed by atoms with E-state index in [1.807, 2.05) is 6.92 Å². The first-order chi connectivity index (χ1) is 8.60. The van der Waals surface area contributed by atoms with E-state index in [9.17, 15) is 14.7 Å². The summed E-state index contributed by atoms with van der Waals surface area (Å²) < 4.78 is 0. The third kappa shape index (κ3) is 2.23. The minimum Gasteiger partial charge on any atom is -0.480 e. The third-order valence-electron chi connectivity index (χ3n) is 4.42. The largest absolute Gasteiger partial charge is 0.480 e. The number of hydrogen-bond acceptors (Lipinski definition) is 3. The van der Waals surface area contributed by atoms with Crippen LogP contribution in [0.2, 0.25) is 0 Å². The lowest BCUT2D eigenvalue weighted by Crippen LogP contribution is -2.54. The molecule has 2 fully saturated rings. The first-order valence-corrected chi connectivity index (χ1v) is 6.85. The predicted molar refractivity (Wildman–Crippen MR) is 67.2 cm³/mol. The molecular formula is C13H22N2O3. The highest BCUT2D eigenvalue weighted by Crippen LogP contribution is 2.34. The Morgan fingerprint density at radius 2 is 2.22 bits per heavy atom. The number of hydrogen-bond donors (Lipinski definition) is 2. The number of likely N-dealkylation sites (tertiary alicyclic amines) is 1. The van der Waals surface area contributed by atoms with Gasteiger partial charge in [0, 0.05) is 13.1 Å². The van der Waals surface area contributed by atoms with Crippen LogP contribution in [0.5, 0.6) is 0 Å². The smallest absolute Gasteiger partial charge is 0.326 e. The van der Waals surface area contributed by atoms with E-state index in [1.165, 1.54) is 0 Å². The molecule has 2 heterocycles. The Kier molecular flexibility index (Phi) is 3.90. The Hall–Kier alpha value is -1.10. The third-order valence-corrected chi connectivity index (χ3v) is 4.42. The summed E-state index contributed by atoms with van der Waals surface area (Å²) in [4.78, 5) is 25.6. The molecule has 5 heteroatoms. The van der Waals surface area contributed by atoms with Crippen LogP contribution in [0.3, 0.4) is 0 Å². The van der Waals surface area contributed by atoms with Crippen LogP contribution in [0.15, 0.2) is 0 Å². The molecule has 102 valence electrons. The summed E-state index contributed by atoms with van der Waals surface area (Å²) in [6, 6.07) is -0.615. The fourth-order valence-electron chi connectivity index (χ4n) is 3.12. The van der Waals surface area contributed by atoms with Gasteiger partial charge in [-0.1, -0.05) is 6.92 Å². The van der Waals surface area contributed by atoms with Gasteiger partial charge in [0.05, 0.1) is 5.41 Å². The van der Waals surface area contributed by atoms with E-state index in [4.69, 9.17) is 0 Å². The molecule has 2 saturated heterocycles. The molecule has 0 saturated carbocycles. The number of carbonyl (C=O) groups is 2. The van der Waals surface area contributed by atoms with Crippen LogP contribution >= 0.6 is 0 Å². The van der Waals surface area contributed by atoms with Gasteiger partial charge in [0.1, 0.15) is 6.04 Å². The Morgan fingerprint density at radius 3 is 2.78 bits per heavy atom. The Balaban J connectivity index is 2.17. The zero-order chi connectivity index (χ0) is 13.2. The van der Waals surface area contributed by atoms with Gasteiger partial charge >= 0.3 is 5.97 Å². The number of nitrogens with one attached hydrogen (secondary N) is 1. The van der Waals surface area contributed by atoms with Crippen molar-refractivity contribution < 1.29 is 14.7 Å². The van der Waals surface area contributed by atoms with Crippen molar-refractivity contribution in [1.29, 1.82) is 0 Å². The molecule has 2 aliphatic heterocycles. The van der Waals surface area contributed by atoms with Crippen LogP contribution in [0.1, 0.15) is 39.0 Å². The van der Waals surface area contributed by atoms with E-state index in [2.05, 4.69) is 5.32 Å². The number of aliphatic carboxylic acids is 1. The summed E-state index contributed by atoms with van der Waals surface area (Å²) in [6.45, 7) is 4.15. The number of carbonyl (C=O) groups excluding carboxylic acids is 1. The van der Waals surface area contributed by atoms with E-state index < -0.39 is 12.0 Å². The Morgan fingerprint density at radius 1 is 1.44 bits per heavy atom. The molecule has 0 spiro atoms. The fraction of sp³-hybridized carbons (Fsp3) is 0.846. The monoisotopic (exact) mass is 254 g/mol. The second kappa shape index (κ2) is 5.26. The number of piperidine rings is 1. The van der Waals surface area contributed by atoms with Crippen molar-refractivity contribution in [3.63, 3.8) is 0 Å². The zero-order valence-electron chi connectivity index (χ0n) is 10.9. The number of carboxylic acid groups (broad SMARTS) is 1. The maximum absolute atomic E-state index is 12.7. The second-order valence-corrected chi connectivity index (χ2v) is 5.41. The van der Waals surface area contributed by atoms with Crippen LogP contribution in [0, 0.1) is 5.41 Å². The Labute approximate surface area is 108 Å². The van der Waals surface area contributed by atoms with E-state index in [1.54, 1.807) is 4.90 Å². The molecular weight excluding hydrogens is 232 g/mol. The highest BCUT2D eigenvalue weighted by atomic mass is 16.4. The van der Waals surface area contributed by atoms with Crippen molar-refractivity contribution in [2.75, 3.05) is 19.6 Å². The first-order valence-electron chi connectivity index (χ1n) is 6.85. The molecule has 0 aromatic rings. The molecule has 2 rings (SSSR count). The summed E-state index contributed by atoms with van der Waals surface area (Å²) in [5.74, 6) is -0.817. The van der Waals surface area contributed by atoms with Crippen LogP contribution in [0.4, 0.5) is 0 Å². The van der Waals surface area contributed by atoms with Crippen LogP contribution in [-0.4, -0.2) is 47.6 Å². The van der Waals surface area contributed by atoms with Crippen molar-refractivity contribution in [3.05, 3.63) is 0 Å². The maximum Gasteiger partial charge on any atom is 0.326 e. The lowest BCUT2D eigenvalue weighted by atomic mass is 9.81. The van der Waals surface area contributed by atoms with Crippen molar-refractivity contribution in [2.24, 2.45) is 5.41 Å². The quantitative estimate of drug-likeness (QED) is 0.783. The van der Waals surface area contributed by atoms with Gasteiger partial charge in [0.15, 0.2) is 0 Å². The van der Waals surface area contributed by atoms with Crippen LogP contribution < -0.4 is 5.32 Å². The lowest BCUT2D eigenvalue weighted by molar-refractivity contribution is -0.157. The molecule has 0 bridgehead atoms. The molecule has 2 aliphatic rings. The van der Waals surface area contributed by atoms with Gasteiger partial charge in [-0.3, -0.25) is 4.79 Å². The average molecular weight is 254 g/mol. The first kappa shape index (κ1) is 13.3. The molecule has 1 amide bonds. The Bertz CT molecular complexity index is 337. The molecule has 0 aliphatic carbocycles. The van der Waals surface area contributed by atoms with E-state index in [-0.39, 0.29) is 11.3 Å².